The number of halogens is 1. The number of hydrogen-bond acceptors (Lipinski definition) is 2. The first-order chi connectivity index (χ1) is 9.69. The molecule has 2 aromatic carbocycles. The van der Waals surface area contributed by atoms with Crippen LogP contribution in [0.3, 0.4) is 0 Å². The van der Waals surface area contributed by atoms with Crippen LogP contribution in [0.2, 0.25) is 0 Å². The molecule has 2 rings (SSSR count). The Hall–Kier alpha value is -1.32. The molecule has 1 N–H and O–H groups in total. The number of methoxy groups -OCH3 is 1. The summed E-state index contributed by atoms with van der Waals surface area (Å²) in [6.45, 7) is 3.07. The molecule has 2 nitrogen and oxygen atoms in total. The number of ether oxygens (including phenoxy) is 1. The molecule has 0 aromatic heterocycles. The van der Waals surface area contributed by atoms with Crippen LogP contribution in [0, 0.1) is 0 Å². The second-order valence-corrected chi connectivity index (χ2v) is 5.79. The van der Waals surface area contributed by atoms with Crippen LogP contribution in [-0.2, 0) is 13.0 Å². The van der Waals surface area contributed by atoms with E-state index >= 15 is 0 Å². The van der Waals surface area contributed by atoms with E-state index in [4.69, 9.17) is 4.74 Å². The molecule has 0 saturated heterocycles. The largest absolute Gasteiger partial charge is 0.496 e. The highest BCUT2D eigenvalue weighted by Gasteiger charge is 2.05. The van der Waals surface area contributed by atoms with E-state index in [1.54, 1.807) is 7.11 Å². The maximum atomic E-state index is 5.24. The topological polar surface area (TPSA) is 21.3 Å². The highest BCUT2D eigenvalue weighted by atomic mass is 79.9. The highest BCUT2D eigenvalue weighted by molar-refractivity contribution is 9.10. The van der Waals surface area contributed by atoms with Gasteiger partial charge >= 0.3 is 0 Å². The van der Waals surface area contributed by atoms with Crippen LogP contribution in [0.4, 0.5) is 0 Å². The maximum absolute atomic E-state index is 5.24. The van der Waals surface area contributed by atoms with Crippen LogP contribution >= 0.6 is 15.9 Å². The van der Waals surface area contributed by atoms with E-state index in [0.717, 1.165) is 23.2 Å². The summed E-state index contributed by atoms with van der Waals surface area (Å²) in [5, 5.41) is 3.55. The molecule has 1 unspecified atom stereocenters. The molecule has 0 aliphatic carbocycles. The van der Waals surface area contributed by atoms with Crippen molar-refractivity contribution in [3.05, 3.63) is 64.1 Å². The van der Waals surface area contributed by atoms with Crippen LogP contribution in [0.25, 0.3) is 0 Å². The fraction of sp³-hybridized carbons (Fsp3) is 0.294. The van der Waals surface area contributed by atoms with Crippen molar-refractivity contribution in [2.75, 3.05) is 7.11 Å². The van der Waals surface area contributed by atoms with Crippen LogP contribution < -0.4 is 10.1 Å². The Morgan fingerprint density at radius 1 is 1.10 bits per heavy atom. The molecule has 20 heavy (non-hydrogen) atoms. The molecule has 0 fully saturated rings. The number of rotatable bonds is 6. The van der Waals surface area contributed by atoms with Gasteiger partial charge in [0.2, 0.25) is 0 Å². The van der Waals surface area contributed by atoms with Crippen molar-refractivity contribution in [3.63, 3.8) is 0 Å². The van der Waals surface area contributed by atoms with Gasteiger partial charge in [-0.25, -0.2) is 0 Å². The number of benzene rings is 2. The third-order valence-corrected chi connectivity index (χ3v) is 3.88. The van der Waals surface area contributed by atoms with Gasteiger partial charge in [-0.15, -0.1) is 0 Å². The second-order valence-electron chi connectivity index (χ2n) is 4.94. The lowest BCUT2D eigenvalue weighted by molar-refractivity contribution is 0.412. The normalized spacial score (nSPS) is 12.2. The van der Waals surface area contributed by atoms with Gasteiger partial charge in [0.1, 0.15) is 5.75 Å². The monoisotopic (exact) mass is 333 g/mol. The summed E-state index contributed by atoms with van der Waals surface area (Å²) >= 11 is 3.52. The third-order valence-electron chi connectivity index (χ3n) is 3.26. The summed E-state index contributed by atoms with van der Waals surface area (Å²) in [6, 6.07) is 17.2. The Morgan fingerprint density at radius 2 is 1.85 bits per heavy atom. The van der Waals surface area contributed by atoms with Gasteiger partial charge in [-0.05, 0) is 52.5 Å². The van der Waals surface area contributed by atoms with Crippen molar-refractivity contribution in [2.24, 2.45) is 0 Å². The Bertz CT molecular complexity index is 542. The molecule has 0 aliphatic heterocycles. The molecule has 0 aliphatic rings. The summed E-state index contributed by atoms with van der Waals surface area (Å²) in [7, 11) is 1.68. The standard InChI is InChI=1S/C17H20BrNO/c1-13(10-14-6-4-3-5-7-14)19-12-15-8-9-17(20-2)16(18)11-15/h3-9,11,13,19H,10,12H2,1-2H3. The Morgan fingerprint density at radius 3 is 2.50 bits per heavy atom. The van der Waals surface area contributed by atoms with E-state index in [1.807, 2.05) is 6.07 Å². The molecular weight excluding hydrogens is 314 g/mol. The van der Waals surface area contributed by atoms with E-state index < -0.39 is 0 Å². The van der Waals surface area contributed by atoms with Crippen molar-refractivity contribution in [3.8, 4) is 5.75 Å². The summed E-state index contributed by atoms with van der Waals surface area (Å²) in [5.41, 5.74) is 2.61. The fourth-order valence-corrected chi connectivity index (χ4v) is 2.74. The van der Waals surface area contributed by atoms with Gasteiger partial charge in [-0.3, -0.25) is 0 Å². The molecular formula is C17H20BrNO. The van der Waals surface area contributed by atoms with Gasteiger partial charge in [0.25, 0.3) is 0 Å². The molecule has 0 spiro atoms. The van der Waals surface area contributed by atoms with Gasteiger partial charge in [0, 0.05) is 12.6 Å². The first kappa shape index (κ1) is 15.1. The molecule has 0 saturated carbocycles. The average molecular weight is 334 g/mol. The third kappa shape index (κ3) is 4.36. The molecule has 0 heterocycles. The Labute approximate surface area is 129 Å². The van der Waals surface area contributed by atoms with Crippen molar-refractivity contribution in [1.82, 2.24) is 5.32 Å². The van der Waals surface area contributed by atoms with Crippen molar-refractivity contribution >= 4 is 15.9 Å². The predicted octanol–water partition coefficient (Wildman–Crippen LogP) is 4.18. The lowest BCUT2D eigenvalue weighted by Crippen LogP contribution is -2.27. The minimum absolute atomic E-state index is 0.443. The zero-order chi connectivity index (χ0) is 14.4. The Balaban J connectivity index is 1.87. The fourth-order valence-electron chi connectivity index (χ4n) is 2.15. The first-order valence-corrected chi connectivity index (χ1v) is 7.58. The van der Waals surface area contributed by atoms with Gasteiger partial charge < -0.3 is 10.1 Å². The van der Waals surface area contributed by atoms with Gasteiger partial charge in [0.05, 0.1) is 11.6 Å². The Kier molecular flexibility index (Phi) is 5.62. The van der Waals surface area contributed by atoms with Crippen molar-refractivity contribution in [1.29, 1.82) is 0 Å². The van der Waals surface area contributed by atoms with Gasteiger partial charge in [-0.1, -0.05) is 36.4 Å². The van der Waals surface area contributed by atoms with E-state index in [-0.39, 0.29) is 0 Å². The molecule has 0 bridgehead atoms. The summed E-state index contributed by atoms with van der Waals surface area (Å²) in [6.07, 6.45) is 1.04. The van der Waals surface area contributed by atoms with Crippen molar-refractivity contribution in [2.45, 2.75) is 25.9 Å². The average Bonchev–Trinajstić information content (AvgIpc) is 2.46. The quantitative estimate of drug-likeness (QED) is 0.856. The minimum atomic E-state index is 0.443. The highest BCUT2D eigenvalue weighted by Crippen LogP contribution is 2.25. The van der Waals surface area contributed by atoms with Gasteiger partial charge in [0.15, 0.2) is 0 Å². The van der Waals surface area contributed by atoms with Crippen LogP contribution in [0.1, 0.15) is 18.1 Å². The second kappa shape index (κ2) is 7.46. The van der Waals surface area contributed by atoms with E-state index in [0.29, 0.717) is 6.04 Å². The molecule has 1 atom stereocenters. The maximum Gasteiger partial charge on any atom is 0.133 e. The smallest absolute Gasteiger partial charge is 0.133 e. The first-order valence-electron chi connectivity index (χ1n) is 6.79. The van der Waals surface area contributed by atoms with E-state index in [1.165, 1.54) is 11.1 Å². The number of nitrogens with one attached hydrogen (secondary N) is 1. The molecule has 0 amide bonds. The molecule has 106 valence electrons. The van der Waals surface area contributed by atoms with Crippen LogP contribution in [0.5, 0.6) is 5.75 Å². The lowest BCUT2D eigenvalue weighted by Gasteiger charge is -2.14. The summed E-state index contributed by atoms with van der Waals surface area (Å²) < 4.78 is 6.23. The molecule has 3 heteroatoms. The zero-order valence-corrected chi connectivity index (χ0v) is 13.5. The SMILES string of the molecule is COc1ccc(CNC(C)Cc2ccccc2)cc1Br. The minimum Gasteiger partial charge on any atom is -0.496 e. The molecule has 2 aromatic rings. The predicted molar refractivity (Wildman–Crippen MR) is 87.1 cm³/mol. The van der Waals surface area contributed by atoms with Gasteiger partial charge in [-0.2, -0.15) is 0 Å². The van der Waals surface area contributed by atoms with Crippen LogP contribution in [0.15, 0.2) is 53.0 Å². The van der Waals surface area contributed by atoms with E-state index in [9.17, 15) is 0 Å². The van der Waals surface area contributed by atoms with Crippen molar-refractivity contribution < 1.29 is 4.74 Å². The summed E-state index contributed by atoms with van der Waals surface area (Å²) in [5.74, 6) is 0.867. The molecule has 0 radical (unpaired) electrons. The summed E-state index contributed by atoms with van der Waals surface area (Å²) in [4.78, 5) is 0. The number of hydrogen-bond donors (Lipinski definition) is 1. The lowest BCUT2D eigenvalue weighted by atomic mass is 10.1. The van der Waals surface area contributed by atoms with Crippen LogP contribution in [-0.4, -0.2) is 13.2 Å². The zero-order valence-electron chi connectivity index (χ0n) is 11.9. The van der Waals surface area contributed by atoms with E-state index in [2.05, 4.69) is 70.6 Å².